The van der Waals surface area contributed by atoms with Gasteiger partial charge in [-0.3, -0.25) is 9.13 Å². The van der Waals surface area contributed by atoms with E-state index in [0.29, 0.717) is 0 Å². The predicted octanol–water partition coefficient (Wildman–Crippen LogP) is 1.36. The Morgan fingerprint density at radius 2 is 1.91 bits per heavy atom. The third-order valence-electron chi connectivity index (χ3n) is 0.682. The molecule has 0 amide bonds. The van der Waals surface area contributed by atoms with E-state index < -0.39 is 23.7 Å². The van der Waals surface area contributed by atoms with Gasteiger partial charge in [-0.25, -0.2) is 17.5 Å². The maximum atomic E-state index is 10.8. The normalized spacial score (nSPS) is 52.4. The zero-order valence-electron chi connectivity index (χ0n) is 5.29. The molecule has 1 saturated heterocycles. The molecule has 10 heteroatoms. The zero-order valence-corrected chi connectivity index (χ0v) is 8.08. The summed E-state index contributed by atoms with van der Waals surface area (Å²) in [6, 6.07) is 0. The summed E-state index contributed by atoms with van der Waals surface area (Å²) in [6.07, 6.45) is 0. The van der Waals surface area contributed by atoms with Crippen LogP contribution >= 0.6 is 23.7 Å². The van der Waals surface area contributed by atoms with Crippen molar-refractivity contribution in [1.29, 1.82) is 0 Å². The van der Waals surface area contributed by atoms with Gasteiger partial charge in [0.05, 0.1) is 0 Å². The Labute approximate surface area is 62.8 Å². The van der Waals surface area contributed by atoms with Crippen LogP contribution in [0.1, 0.15) is 0 Å². The fourth-order valence-corrected chi connectivity index (χ4v) is 5.10. The molecule has 66 valence electrons. The van der Waals surface area contributed by atoms with Crippen molar-refractivity contribution in [3.8, 4) is 0 Å². The summed E-state index contributed by atoms with van der Waals surface area (Å²) in [5, 5.41) is 0. The number of hydrogen-bond donors (Lipinski definition) is 1. The highest BCUT2D eigenvalue weighted by molar-refractivity contribution is 7.73. The number of rotatable bonds is 0. The molecule has 0 aromatic heterocycles. The lowest BCUT2D eigenvalue weighted by Gasteiger charge is -2.21. The Balaban J connectivity index is 2.92. The van der Waals surface area contributed by atoms with Gasteiger partial charge < -0.3 is 4.89 Å². The molecule has 0 radical (unpaired) electrons. The van der Waals surface area contributed by atoms with Crippen molar-refractivity contribution in [3.63, 3.8) is 0 Å². The number of hydrogen-bond acceptors (Lipinski definition) is 6. The molecule has 0 aliphatic carbocycles. The van der Waals surface area contributed by atoms with Gasteiger partial charge in [-0.15, -0.1) is 0 Å². The van der Waals surface area contributed by atoms with Gasteiger partial charge in [0.1, 0.15) is 0 Å². The lowest BCUT2D eigenvalue weighted by Crippen LogP contribution is -1.96. The van der Waals surface area contributed by atoms with Crippen LogP contribution in [0.5, 0.6) is 0 Å². The average Bonchev–Trinajstić information content (AvgIpc) is 1.49. The van der Waals surface area contributed by atoms with E-state index in [1.165, 1.54) is 0 Å². The van der Waals surface area contributed by atoms with Crippen LogP contribution in [0.2, 0.25) is 0 Å². The maximum absolute atomic E-state index is 10.8. The fourth-order valence-electron chi connectivity index (χ4n) is 0.467. The molecule has 11 heavy (non-hydrogen) atoms. The Kier molecular flexibility index (Phi) is 2.43. The molecule has 0 bridgehead atoms. The first-order valence-electron chi connectivity index (χ1n) is 2.36. The van der Waals surface area contributed by atoms with Crippen LogP contribution in [0.15, 0.2) is 0 Å². The topological polar surface area (TPSA) is 99.1 Å². The minimum absolute atomic E-state index is 0.932. The van der Waals surface area contributed by atoms with Crippen LogP contribution in [0.3, 0.4) is 0 Å². The van der Waals surface area contributed by atoms with Crippen LogP contribution in [-0.2, 0) is 26.6 Å². The largest absolute Gasteiger partial charge is 0.486 e. The fraction of sp³-hybridized carbons (Fsp3) is 1.00. The molecule has 0 aromatic rings. The van der Waals surface area contributed by atoms with E-state index in [1.807, 2.05) is 0 Å². The summed E-state index contributed by atoms with van der Waals surface area (Å²) in [6.45, 7) is 0.932. The standard InChI is InChI=1S/CH5O7P3/c1-10(3)6-9(2)7-11(4,5)8-10/h9H,1H3,(H,4,5). The van der Waals surface area contributed by atoms with Crippen LogP contribution in [0.25, 0.3) is 0 Å². The molecule has 1 heterocycles. The Morgan fingerprint density at radius 3 is 2.27 bits per heavy atom. The van der Waals surface area contributed by atoms with Crippen LogP contribution in [0, 0.1) is 0 Å². The van der Waals surface area contributed by atoms with E-state index in [4.69, 9.17) is 4.89 Å². The maximum Gasteiger partial charge on any atom is 0.486 e. The van der Waals surface area contributed by atoms with Crippen molar-refractivity contribution in [2.24, 2.45) is 0 Å². The average molecular weight is 222 g/mol. The summed E-state index contributed by atoms with van der Waals surface area (Å²) >= 11 is 0. The quantitative estimate of drug-likeness (QED) is 0.617. The van der Waals surface area contributed by atoms with Gasteiger partial charge in [0.25, 0.3) is 0 Å². The first kappa shape index (κ1) is 9.62. The molecule has 1 N–H and O–H groups in total. The highest BCUT2D eigenvalue weighted by Crippen LogP contribution is 2.72. The van der Waals surface area contributed by atoms with E-state index in [-0.39, 0.29) is 0 Å². The highest BCUT2D eigenvalue weighted by Gasteiger charge is 2.41. The second-order valence-corrected chi connectivity index (χ2v) is 6.85. The van der Waals surface area contributed by atoms with Crippen LogP contribution < -0.4 is 0 Å². The Hall–Kier alpha value is 0.530. The molecule has 3 unspecified atom stereocenters. The van der Waals surface area contributed by atoms with Crippen molar-refractivity contribution in [2.75, 3.05) is 6.66 Å². The summed E-state index contributed by atoms with van der Waals surface area (Å²) in [7, 11) is -11.2. The van der Waals surface area contributed by atoms with Crippen LogP contribution in [-0.4, -0.2) is 11.6 Å². The SMILES string of the molecule is CP1(=O)O[PH](=O)OP(=O)(O)O1. The molecule has 7 nitrogen and oxygen atoms in total. The van der Waals surface area contributed by atoms with Crippen LogP contribution in [0.4, 0.5) is 0 Å². The lowest BCUT2D eigenvalue weighted by atomic mass is 12.0. The summed E-state index contributed by atoms with van der Waals surface area (Å²) < 4.78 is 43.8. The second-order valence-electron chi connectivity index (χ2n) is 1.75. The molecule has 1 fully saturated rings. The molecular formula is CH5O7P3. The van der Waals surface area contributed by atoms with Gasteiger partial charge in [0.15, 0.2) is 0 Å². The monoisotopic (exact) mass is 222 g/mol. The molecule has 0 spiro atoms. The molecule has 0 aromatic carbocycles. The minimum Gasteiger partial charge on any atom is -0.302 e. The van der Waals surface area contributed by atoms with E-state index in [0.717, 1.165) is 6.66 Å². The highest BCUT2D eigenvalue weighted by atomic mass is 31.3. The van der Waals surface area contributed by atoms with Gasteiger partial charge in [0.2, 0.25) is 0 Å². The second kappa shape index (κ2) is 2.79. The summed E-state index contributed by atoms with van der Waals surface area (Å²) in [5.41, 5.74) is 0. The van der Waals surface area contributed by atoms with Gasteiger partial charge in [0, 0.05) is 6.66 Å². The molecule has 0 saturated carbocycles. The van der Waals surface area contributed by atoms with E-state index >= 15 is 0 Å². The number of phosphoric acid groups is 1. The third-order valence-corrected chi connectivity index (χ3v) is 6.14. The smallest absolute Gasteiger partial charge is 0.302 e. The summed E-state index contributed by atoms with van der Waals surface area (Å²) in [5.74, 6) is 0. The summed E-state index contributed by atoms with van der Waals surface area (Å²) in [4.78, 5) is 8.56. The molecule has 1 aliphatic heterocycles. The van der Waals surface area contributed by atoms with Crippen molar-refractivity contribution in [3.05, 3.63) is 0 Å². The lowest BCUT2D eigenvalue weighted by molar-refractivity contribution is 0.240. The third kappa shape index (κ3) is 2.80. The molecule has 1 rings (SSSR count). The van der Waals surface area contributed by atoms with E-state index in [2.05, 4.69) is 12.9 Å². The van der Waals surface area contributed by atoms with Crippen molar-refractivity contribution < 1.29 is 31.5 Å². The van der Waals surface area contributed by atoms with Crippen molar-refractivity contribution in [2.45, 2.75) is 0 Å². The van der Waals surface area contributed by atoms with E-state index in [1.54, 1.807) is 0 Å². The predicted molar refractivity (Wildman–Crippen MR) is 35.6 cm³/mol. The molecule has 3 atom stereocenters. The van der Waals surface area contributed by atoms with E-state index in [9.17, 15) is 13.7 Å². The molecule has 1 aliphatic rings. The minimum atomic E-state index is -4.42. The van der Waals surface area contributed by atoms with Gasteiger partial charge in [-0.1, -0.05) is 0 Å². The van der Waals surface area contributed by atoms with Gasteiger partial charge in [-0.05, 0) is 0 Å². The van der Waals surface area contributed by atoms with Crippen molar-refractivity contribution in [1.82, 2.24) is 0 Å². The Bertz CT molecular complexity index is 253. The van der Waals surface area contributed by atoms with Gasteiger partial charge in [-0.2, -0.15) is 0 Å². The van der Waals surface area contributed by atoms with Crippen molar-refractivity contribution >= 4 is 23.7 Å². The first-order chi connectivity index (χ1) is 4.81. The zero-order chi connectivity index (χ0) is 8.70. The first-order valence-corrected chi connectivity index (χ1v) is 7.07. The van der Waals surface area contributed by atoms with Gasteiger partial charge >= 0.3 is 23.7 Å². The molecular weight excluding hydrogens is 217 g/mol. The Morgan fingerprint density at radius 1 is 1.36 bits per heavy atom.